The van der Waals surface area contributed by atoms with E-state index in [2.05, 4.69) is 21.1 Å². The third-order valence-electron chi connectivity index (χ3n) is 2.38. The number of thiophene rings is 1. The Balaban J connectivity index is 2.24. The lowest BCUT2D eigenvalue weighted by Gasteiger charge is -2.10. The molecule has 2 aromatic rings. The molecule has 0 amide bonds. The van der Waals surface area contributed by atoms with E-state index in [-0.39, 0.29) is 5.84 Å². The smallest absolute Gasteiger partial charge is 0.173 e. The van der Waals surface area contributed by atoms with Crippen molar-refractivity contribution in [2.45, 2.75) is 6.61 Å². The van der Waals surface area contributed by atoms with Crippen LogP contribution in [0.3, 0.4) is 0 Å². The molecule has 0 bridgehead atoms. The lowest BCUT2D eigenvalue weighted by Crippen LogP contribution is -2.14. The van der Waals surface area contributed by atoms with Crippen molar-refractivity contribution in [1.82, 2.24) is 0 Å². The van der Waals surface area contributed by atoms with Crippen LogP contribution in [0, 0.1) is 0 Å². The van der Waals surface area contributed by atoms with Gasteiger partial charge in [0.15, 0.2) is 5.84 Å². The first-order chi connectivity index (χ1) is 9.11. The molecule has 2 rings (SSSR count). The number of ether oxygens (including phenoxy) is 1. The van der Waals surface area contributed by atoms with Gasteiger partial charge in [-0.1, -0.05) is 16.8 Å². The number of amidine groups is 1. The third kappa shape index (κ3) is 3.40. The van der Waals surface area contributed by atoms with Gasteiger partial charge in [-0.3, -0.25) is 0 Å². The second kappa shape index (κ2) is 6.27. The number of hydrogen-bond acceptors (Lipinski definition) is 4. The maximum absolute atomic E-state index is 8.75. The van der Waals surface area contributed by atoms with Crippen LogP contribution in [0.4, 0.5) is 0 Å². The topological polar surface area (TPSA) is 67.8 Å². The average molecular weight is 362 g/mol. The average Bonchev–Trinajstić information content (AvgIpc) is 2.81. The zero-order valence-electron chi connectivity index (χ0n) is 9.64. The molecular formula is C12H10BrClN2O2S. The quantitative estimate of drug-likeness (QED) is 0.376. The van der Waals surface area contributed by atoms with Gasteiger partial charge in [0, 0.05) is 9.50 Å². The molecule has 19 heavy (non-hydrogen) atoms. The number of halogens is 2. The molecule has 0 spiro atoms. The van der Waals surface area contributed by atoms with E-state index < -0.39 is 0 Å². The van der Waals surface area contributed by atoms with Crippen LogP contribution < -0.4 is 10.5 Å². The molecule has 0 unspecified atom stereocenters. The highest BCUT2D eigenvalue weighted by atomic mass is 79.9. The van der Waals surface area contributed by atoms with Crippen LogP contribution >= 0.6 is 38.9 Å². The summed E-state index contributed by atoms with van der Waals surface area (Å²) in [5, 5.41) is 14.2. The lowest BCUT2D eigenvalue weighted by molar-refractivity contribution is 0.305. The Morgan fingerprint density at radius 3 is 2.89 bits per heavy atom. The van der Waals surface area contributed by atoms with Gasteiger partial charge in [0.05, 0.1) is 10.4 Å². The van der Waals surface area contributed by atoms with Crippen molar-refractivity contribution in [2.24, 2.45) is 10.9 Å². The molecule has 0 saturated carbocycles. The molecule has 0 aliphatic rings. The minimum Gasteiger partial charge on any atom is -0.487 e. The Labute approximate surface area is 127 Å². The van der Waals surface area contributed by atoms with Crippen molar-refractivity contribution >= 4 is 44.7 Å². The normalized spacial score (nSPS) is 11.6. The van der Waals surface area contributed by atoms with Gasteiger partial charge in [-0.15, -0.1) is 11.3 Å². The highest BCUT2D eigenvalue weighted by molar-refractivity contribution is 9.10. The van der Waals surface area contributed by atoms with Crippen molar-refractivity contribution in [2.75, 3.05) is 0 Å². The molecule has 1 aromatic carbocycles. The van der Waals surface area contributed by atoms with Crippen LogP contribution in [0.5, 0.6) is 5.75 Å². The Hall–Kier alpha value is -1.24. The van der Waals surface area contributed by atoms with Gasteiger partial charge < -0.3 is 15.7 Å². The van der Waals surface area contributed by atoms with Gasteiger partial charge >= 0.3 is 0 Å². The summed E-state index contributed by atoms with van der Waals surface area (Å²) >= 11 is 10.9. The van der Waals surface area contributed by atoms with Crippen LogP contribution in [-0.4, -0.2) is 11.0 Å². The van der Waals surface area contributed by atoms with E-state index in [0.29, 0.717) is 22.9 Å². The van der Waals surface area contributed by atoms with Crippen molar-refractivity contribution in [3.8, 4) is 5.75 Å². The number of hydrogen-bond donors (Lipinski definition) is 2. The molecule has 0 saturated heterocycles. The molecule has 0 fully saturated rings. The standard InChI is InChI=1S/C12H10BrClN2O2S/c13-9-3-4-19-11(9)6-18-10-5-7(14)1-2-8(10)12(15)16-17/h1-5,17H,6H2,(H2,15,16). The van der Waals surface area contributed by atoms with E-state index in [1.54, 1.807) is 29.5 Å². The molecule has 1 heterocycles. The van der Waals surface area contributed by atoms with Crippen molar-refractivity contribution in [3.63, 3.8) is 0 Å². The number of nitrogens with two attached hydrogens (primary N) is 1. The molecule has 0 radical (unpaired) electrons. The summed E-state index contributed by atoms with van der Waals surface area (Å²) in [5.41, 5.74) is 6.09. The summed E-state index contributed by atoms with van der Waals surface area (Å²) in [5.74, 6) is 0.458. The van der Waals surface area contributed by atoms with Crippen molar-refractivity contribution in [3.05, 3.63) is 49.6 Å². The first-order valence-electron chi connectivity index (χ1n) is 5.24. The maximum atomic E-state index is 8.75. The highest BCUT2D eigenvalue weighted by Gasteiger charge is 2.10. The minimum atomic E-state index is -0.0167. The number of rotatable bonds is 4. The van der Waals surface area contributed by atoms with Gasteiger partial charge in [-0.25, -0.2) is 0 Å². The van der Waals surface area contributed by atoms with Crippen LogP contribution in [0.15, 0.2) is 39.3 Å². The fraction of sp³-hybridized carbons (Fsp3) is 0.0833. The minimum absolute atomic E-state index is 0.0167. The summed E-state index contributed by atoms with van der Waals surface area (Å²) < 4.78 is 6.68. The first kappa shape index (κ1) is 14.2. The van der Waals surface area contributed by atoms with E-state index in [0.717, 1.165) is 9.35 Å². The molecule has 100 valence electrons. The van der Waals surface area contributed by atoms with E-state index in [4.69, 9.17) is 27.3 Å². The predicted octanol–water partition coefficient (Wildman–Crippen LogP) is 3.84. The van der Waals surface area contributed by atoms with Gasteiger partial charge in [-0.2, -0.15) is 0 Å². The fourth-order valence-electron chi connectivity index (χ4n) is 1.45. The van der Waals surface area contributed by atoms with Gasteiger partial charge in [0.25, 0.3) is 0 Å². The molecule has 0 aliphatic heterocycles. The third-order valence-corrected chi connectivity index (χ3v) is 4.51. The van der Waals surface area contributed by atoms with Crippen LogP contribution in [0.25, 0.3) is 0 Å². The Morgan fingerprint density at radius 2 is 2.26 bits per heavy atom. The Bertz CT molecular complexity index is 616. The fourth-order valence-corrected chi connectivity index (χ4v) is 2.99. The molecular weight excluding hydrogens is 352 g/mol. The van der Waals surface area contributed by atoms with Crippen LogP contribution in [-0.2, 0) is 6.61 Å². The zero-order valence-corrected chi connectivity index (χ0v) is 12.8. The second-order valence-corrected chi connectivity index (χ2v) is 5.90. The zero-order chi connectivity index (χ0) is 13.8. The number of benzene rings is 1. The van der Waals surface area contributed by atoms with E-state index in [1.807, 2.05) is 11.4 Å². The van der Waals surface area contributed by atoms with Gasteiger partial charge in [-0.05, 0) is 45.6 Å². The molecule has 3 N–H and O–H groups in total. The predicted molar refractivity (Wildman–Crippen MR) is 80.3 cm³/mol. The van der Waals surface area contributed by atoms with E-state index >= 15 is 0 Å². The maximum Gasteiger partial charge on any atom is 0.173 e. The van der Waals surface area contributed by atoms with Gasteiger partial charge in [0.1, 0.15) is 12.4 Å². The van der Waals surface area contributed by atoms with Crippen molar-refractivity contribution < 1.29 is 9.94 Å². The second-order valence-electron chi connectivity index (χ2n) is 3.61. The highest BCUT2D eigenvalue weighted by Crippen LogP contribution is 2.27. The lowest BCUT2D eigenvalue weighted by atomic mass is 10.2. The first-order valence-corrected chi connectivity index (χ1v) is 7.29. The number of oxime groups is 1. The van der Waals surface area contributed by atoms with E-state index in [1.165, 1.54) is 0 Å². The summed E-state index contributed by atoms with van der Waals surface area (Å²) in [6, 6.07) is 6.89. The molecule has 0 atom stereocenters. The number of nitrogens with zero attached hydrogens (tertiary/aromatic N) is 1. The Morgan fingerprint density at radius 1 is 1.47 bits per heavy atom. The molecule has 4 nitrogen and oxygen atoms in total. The summed E-state index contributed by atoms with van der Waals surface area (Å²) in [6.07, 6.45) is 0. The summed E-state index contributed by atoms with van der Waals surface area (Å²) in [7, 11) is 0. The molecule has 7 heteroatoms. The largest absolute Gasteiger partial charge is 0.487 e. The summed E-state index contributed by atoms with van der Waals surface area (Å²) in [6.45, 7) is 0.379. The summed E-state index contributed by atoms with van der Waals surface area (Å²) in [4.78, 5) is 1.05. The molecule has 0 aliphatic carbocycles. The van der Waals surface area contributed by atoms with Crippen LogP contribution in [0.2, 0.25) is 5.02 Å². The van der Waals surface area contributed by atoms with Gasteiger partial charge in [0.2, 0.25) is 0 Å². The SMILES string of the molecule is N/C(=N/O)c1ccc(Cl)cc1OCc1sccc1Br. The molecule has 1 aromatic heterocycles. The van der Waals surface area contributed by atoms with Crippen molar-refractivity contribution in [1.29, 1.82) is 0 Å². The van der Waals surface area contributed by atoms with Crippen LogP contribution in [0.1, 0.15) is 10.4 Å². The Kier molecular flexibility index (Phi) is 4.68. The van der Waals surface area contributed by atoms with E-state index in [9.17, 15) is 0 Å². The monoisotopic (exact) mass is 360 g/mol.